The van der Waals surface area contributed by atoms with E-state index in [1.165, 1.54) is 19.3 Å². The number of carbonyl (C=O) groups is 1. The number of benzene rings is 1. The van der Waals surface area contributed by atoms with E-state index < -0.39 is 10.0 Å². The van der Waals surface area contributed by atoms with Crippen LogP contribution in [0, 0.1) is 18.8 Å². The van der Waals surface area contributed by atoms with Gasteiger partial charge in [-0.1, -0.05) is 43.9 Å². The summed E-state index contributed by atoms with van der Waals surface area (Å²) in [6.07, 6.45) is 9.75. The Morgan fingerprint density at radius 2 is 1.79 bits per heavy atom. The highest BCUT2D eigenvalue weighted by Crippen LogP contribution is 2.33. The van der Waals surface area contributed by atoms with Gasteiger partial charge in [-0.05, 0) is 63.5 Å². The summed E-state index contributed by atoms with van der Waals surface area (Å²) in [5, 5.41) is 0. The summed E-state index contributed by atoms with van der Waals surface area (Å²) in [5.41, 5.74) is 1.03. The van der Waals surface area contributed by atoms with Crippen LogP contribution in [0.25, 0.3) is 0 Å². The Hall–Kier alpha value is -1.40. The SMILES string of the molecule is CCCCC1CCC(C(=O)N2CCCC(NS(=O)(=O)c3ccc(C)cc3)C2)CC1. The molecule has 3 rings (SSSR count). The van der Waals surface area contributed by atoms with Gasteiger partial charge in [-0.25, -0.2) is 13.1 Å². The van der Waals surface area contributed by atoms with Gasteiger partial charge >= 0.3 is 0 Å². The van der Waals surface area contributed by atoms with Crippen LogP contribution in [0.4, 0.5) is 0 Å². The molecule has 1 atom stereocenters. The summed E-state index contributed by atoms with van der Waals surface area (Å²) in [5.74, 6) is 1.15. The molecular formula is C23H36N2O3S. The number of amides is 1. The fourth-order valence-corrected chi connectivity index (χ4v) is 5.99. The largest absolute Gasteiger partial charge is 0.341 e. The molecule has 0 aromatic heterocycles. The van der Waals surface area contributed by atoms with Crippen molar-refractivity contribution in [1.82, 2.24) is 9.62 Å². The molecule has 1 heterocycles. The van der Waals surface area contributed by atoms with Crippen LogP contribution in [-0.4, -0.2) is 38.4 Å². The second-order valence-electron chi connectivity index (χ2n) is 8.92. The molecule has 1 N–H and O–H groups in total. The van der Waals surface area contributed by atoms with E-state index in [1.807, 2.05) is 24.0 Å². The van der Waals surface area contributed by atoms with E-state index in [9.17, 15) is 13.2 Å². The highest BCUT2D eigenvalue weighted by Gasteiger charge is 2.33. The van der Waals surface area contributed by atoms with Crippen molar-refractivity contribution in [1.29, 1.82) is 0 Å². The summed E-state index contributed by atoms with van der Waals surface area (Å²) in [6, 6.07) is 6.69. The van der Waals surface area contributed by atoms with Crippen LogP contribution >= 0.6 is 0 Å². The van der Waals surface area contributed by atoms with E-state index in [1.54, 1.807) is 12.1 Å². The maximum Gasteiger partial charge on any atom is 0.240 e. The van der Waals surface area contributed by atoms with E-state index in [2.05, 4.69) is 11.6 Å². The van der Waals surface area contributed by atoms with Crippen molar-refractivity contribution >= 4 is 15.9 Å². The molecule has 2 aliphatic rings. The first-order valence-corrected chi connectivity index (χ1v) is 12.7. The van der Waals surface area contributed by atoms with Gasteiger partial charge < -0.3 is 4.90 Å². The minimum absolute atomic E-state index is 0.125. The van der Waals surface area contributed by atoms with Gasteiger partial charge in [0.1, 0.15) is 0 Å². The first-order valence-electron chi connectivity index (χ1n) is 11.3. The van der Waals surface area contributed by atoms with E-state index in [-0.39, 0.29) is 22.8 Å². The average Bonchev–Trinajstić information content (AvgIpc) is 2.72. The standard InChI is InChI=1S/C23H36N2O3S/c1-3-4-6-19-10-12-20(13-11-19)23(26)25-16-5-7-21(17-25)24-29(27,28)22-14-8-18(2)9-15-22/h8-9,14-15,19-21,24H,3-7,10-13,16-17H2,1-2H3. The number of piperidine rings is 1. The lowest BCUT2D eigenvalue weighted by Gasteiger charge is -2.37. The molecule has 1 saturated carbocycles. The van der Waals surface area contributed by atoms with Crippen molar-refractivity contribution in [2.75, 3.05) is 13.1 Å². The predicted molar refractivity (Wildman–Crippen MR) is 116 cm³/mol. The van der Waals surface area contributed by atoms with Crippen LogP contribution in [0.3, 0.4) is 0 Å². The normalized spacial score (nSPS) is 25.7. The second kappa shape index (κ2) is 10.1. The summed E-state index contributed by atoms with van der Waals surface area (Å²) in [4.78, 5) is 15.2. The van der Waals surface area contributed by atoms with Gasteiger partial charge in [0.2, 0.25) is 15.9 Å². The highest BCUT2D eigenvalue weighted by atomic mass is 32.2. The highest BCUT2D eigenvalue weighted by molar-refractivity contribution is 7.89. The third-order valence-corrected chi connectivity index (χ3v) is 8.08. The molecule has 1 unspecified atom stereocenters. The van der Waals surface area contributed by atoms with Crippen molar-refractivity contribution in [3.05, 3.63) is 29.8 Å². The summed E-state index contributed by atoms with van der Waals surface area (Å²) in [7, 11) is -3.55. The number of sulfonamides is 1. The Bertz CT molecular complexity index is 768. The van der Waals surface area contributed by atoms with Gasteiger partial charge in [0.25, 0.3) is 0 Å². The van der Waals surface area contributed by atoms with Crippen molar-refractivity contribution < 1.29 is 13.2 Å². The van der Waals surface area contributed by atoms with Crippen molar-refractivity contribution in [2.24, 2.45) is 11.8 Å². The molecule has 1 aromatic rings. The van der Waals surface area contributed by atoms with Crippen molar-refractivity contribution in [3.63, 3.8) is 0 Å². The molecule has 1 aliphatic heterocycles. The number of aryl methyl sites for hydroxylation is 1. The molecule has 2 fully saturated rings. The van der Waals surface area contributed by atoms with Crippen LogP contribution in [0.2, 0.25) is 0 Å². The number of likely N-dealkylation sites (tertiary alicyclic amines) is 1. The van der Waals surface area contributed by atoms with Crippen LogP contribution in [0.15, 0.2) is 29.2 Å². The van der Waals surface area contributed by atoms with Gasteiger partial charge in [-0.3, -0.25) is 4.79 Å². The molecule has 0 radical (unpaired) electrons. The zero-order chi connectivity index (χ0) is 20.9. The third kappa shape index (κ3) is 6.05. The monoisotopic (exact) mass is 420 g/mol. The molecule has 1 saturated heterocycles. The number of carbonyl (C=O) groups excluding carboxylic acids is 1. The Kier molecular flexibility index (Phi) is 7.74. The maximum absolute atomic E-state index is 13.0. The number of nitrogens with zero attached hydrogens (tertiary/aromatic N) is 1. The van der Waals surface area contributed by atoms with E-state index in [0.717, 1.165) is 56.6 Å². The lowest BCUT2D eigenvalue weighted by atomic mass is 9.79. The smallest absolute Gasteiger partial charge is 0.240 e. The van der Waals surface area contributed by atoms with Gasteiger partial charge in [0, 0.05) is 25.0 Å². The number of rotatable bonds is 7. The van der Waals surface area contributed by atoms with Gasteiger partial charge in [0.15, 0.2) is 0 Å². The molecule has 162 valence electrons. The zero-order valence-electron chi connectivity index (χ0n) is 17.9. The van der Waals surface area contributed by atoms with Crippen LogP contribution in [-0.2, 0) is 14.8 Å². The minimum atomic E-state index is -3.55. The first kappa shape index (κ1) is 22.3. The van der Waals surface area contributed by atoms with Crippen molar-refractivity contribution in [2.45, 2.75) is 82.6 Å². The Labute approximate surface area is 176 Å². The zero-order valence-corrected chi connectivity index (χ0v) is 18.7. The van der Waals surface area contributed by atoms with Gasteiger partial charge in [-0.2, -0.15) is 0 Å². The number of unbranched alkanes of at least 4 members (excludes halogenated alkanes) is 1. The van der Waals surface area contributed by atoms with Crippen LogP contribution in [0.1, 0.15) is 70.3 Å². The minimum Gasteiger partial charge on any atom is -0.341 e. The Balaban J connectivity index is 1.54. The molecular weight excluding hydrogens is 384 g/mol. The molecule has 0 spiro atoms. The third-order valence-electron chi connectivity index (χ3n) is 6.55. The second-order valence-corrected chi connectivity index (χ2v) is 10.6. The van der Waals surface area contributed by atoms with Gasteiger partial charge in [-0.15, -0.1) is 0 Å². The lowest BCUT2D eigenvalue weighted by Crippen LogP contribution is -2.51. The maximum atomic E-state index is 13.0. The fraction of sp³-hybridized carbons (Fsp3) is 0.696. The predicted octanol–water partition coefficient (Wildman–Crippen LogP) is 4.26. The fourth-order valence-electron chi connectivity index (χ4n) is 4.73. The number of hydrogen-bond donors (Lipinski definition) is 1. The van der Waals surface area contributed by atoms with Gasteiger partial charge in [0.05, 0.1) is 4.90 Å². The molecule has 5 nitrogen and oxygen atoms in total. The quantitative estimate of drug-likeness (QED) is 0.717. The summed E-state index contributed by atoms with van der Waals surface area (Å²) < 4.78 is 28.2. The summed E-state index contributed by atoms with van der Waals surface area (Å²) >= 11 is 0. The first-order chi connectivity index (χ1) is 13.9. The summed E-state index contributed by atoms with van der Waals surface area (Å²) in [6.45, 7) is 5.40. The van der Waals surface area contributed by atoms with E-state index in [4.69, 9.17) is 0 Å². The van der Waals surface area contributed by atoms with E-state index >= 15 is 0 Å². The Morgan fingerprint density at radius 1 is 1.10 bits per heavy atom. The molecule has 1 aliphatic carbocycles. The Morgan fingerprint density at radius 3 is 2.45 bits per heavy atom. The molecule has 1 amide bonds. The number of hydrogen-bond acceptors (Lipinski definition) is 3. The lowest BCUT2D eigenvalue weighted by molar-refractivity contribution is -0.138. The van der Waals surface area contributed by atoms with Crippen LogP contribution in [0.5, 0.6) is 0 Å². The molecule has 1 aromatic carbocycles. The van der Waals surface area contributed by atoms with Crippen LogP contribution < -0.4 is 4.72 Å². The molecule has 0 bridgehead atoms. The number of nitrogens with one attached hydrogen (secondary N) is 1. The molecule has 29 heavy (non-hydrogen) atoms. The molecule has 6 heteroatoms. The van der Waals surface area contributed by atoms with E-state index in [0.29, 0.717) is 6.54 Å². The average molecular weight is 421 g/mol. The topological polar surface area (TPSA) is 66.5 Å². The van der Waals surface area contributed by atoms with Crippen molar-refractivity contribution in [3.8, 4) is 0 Å².